The Kier molecular flexibility index (Phi) is 11.0. The monoisotopic (exact) mass is 716 g/mol. The molecule has 1 spiro atoms. The lowest BCUT2D eigenvalue weighted by atomic mass is 9.82. The average molecular weight is 717 g/mol. The van der Waals surface area contributed by atoms with Gasteiger partial charge in [-0.05, 0) is 73.9 Å². The number of nitrogens with one attached hydrogen (secondary N) is 2. The zero-order valence-corrected chi connectivity index (χ0v) is 30.9. The molecule has 0 saturated carbocycles. The van der Waals surface area contributed by atoms with Crippen LogP contribution in [0.1, 0.15) is 42.9 Å². The number of aliphatic hydroxyl groups excluding tert-OH is 1. The van der Waals surface area contributed by atoms with Gasteiger partial charge in [0.05, 0.1) is 44.4 Å². The normalized spacial score (nSPS) is 24.4. The number of anilines is 2. The van der Waals surface area contributed by atoms with Gasteiger partial charge < -0.3 is 39.1 Å². The Hall–Kier alpha value is -4.10. The third-order valence-electron chi connectivity index (χ3n) is 10.7. The molecule has 1 unspecified atom stereocenters. The Morgan fingerprint density at radius 2 is 1.88 bits per heavy atom. The summed E-state index contributed by atoms with van der Waals surface area (Å²) in [5.41, 5.74) is 1.36. The molecule has 3 aliphatic heterocycles. The first-order valence-corrected chi connectivity index (χ1v) is 20.8. The van der Waals surface area contributed by atoms with Crippen LogP contribution in [0.3, 0.4) is 0 Å². The molecule has 3 amide bonds. The first kappa shape index (κ1) is 36.7. The summed E-state index contributed by atoms with van der Waals surface area (Å²) in [4.78, 5) is 45.0. The number of hydrogen-bond donors (Lipinski definition) is 3. The number of rotatable bonds is 12. The molecule has 5 atom stereocenters. The number of fused-ring (bicyclic) bond motifs is 2. The number of aliphatic hydroxyl groups is 1. The van der Waals surface area contributed by atoms with Crippen LogP contribution < -0.4 is 20.3 Å². The number of methoxy groups -OCH3 is 1. The SMILES string of the molecule is COc1ccc2c(c1)[C@]1(O[C@@H](CC(=O)N(CCO)Cc3ccccc3)[C@H]([Si](C)(C)F)[C@H]1C)C(=O)N2Cc1cccc(NC(=O)C2CCCNC2)c1. The fourth-order valence-electron chi connectivity index (χ4n) is 8.28. The van der Waals surface area contributed by atoms with E-state index in [1.54, 1.807) is 42.1 Å². The van der Waals surface area contributed by atoms with Gasteiger partial charge in [0.2, 0.25) is 20.2 Å². The summed E-state index contributed by atoms with van der Waals surface area (Å²) in [5.74, 6) is -0.801. The Morgan fingerprint density at radius 3 is 2.57 bits per heavy atom. The van der Waals surface area contributed by atoms with E-state index < -0.39 is 31.6 Å². The van der Waals surface area contributed by atoms with Crippen LogP contribution >= 0.6 is 0 Å². The zero-order valence-electron chi connectivity index (χ0n) is 29.9. The molecule has 0 radical (unpaired) electrons. The number of nitrogens with zero attached hydrogens (tertiary/aromatic N) is 2. The van der Waals surface area contributed by atoms with Gasteiger partial charge in [-0.25, -0.2) is 0 Å². The molecule has 0 aliphatic carbocycles. The highest BCUT2D eigenvalue weighted by Crippen LogP contribution is 2.60. The molecule has 3 aromatic rings. The average Bonchev–Trinajstić information content (AvgIpc) is 3.54. The van der Waals surface area contributed by atoms with Crippen LogP contribution in [-0.2, 0) is 37.8 Å². The Morgan fingerprint density at radius 1 is 1.12 bits per heavy atom. The fourth-order valence-corrected chi connectivity index (χ4v) is 10.8. The number of benzene rings is 3. The van der Waals surface area contributed by atoms with Crippen molar-refractivity contribution in [2.45, 2.75) is 69.6 Å². The number of ether oxygens (including phenoxy) is 2. The van der Waals surface area contributed by atoms with Crippen LogP contribution in [0.15, 0.2) is 72.8 Å². The van der Waals surface area contributed by atoms with Crippen LogP contribution in [0.5, 0.6) is 5.75 Å². The van der Waals surface area contributed by atoms with Gasteiger partial charge in [0.15, 0.2) is 5.60 Å². The molecule has 3 N–H and O–H groups in total. The summed E-state index contributed by atoms with van der Waals surface area (Å²) in [7, 11) is -1.99. The van der Waals surface area contributed by atoms with Gasteiger partial charge >= 0.3 is 0 Å². The number of amides is 3. The molecule has 12 heteroatoms. The van der Waals surface area contributed by atoms with Gasteiger partial charge in [0, 0.05) is 42.3 Å². The van der Waals surface area contributed by atoms with Gasteiger partial charge in [0.1, 0.15) is 5.75 Å². The standard InChI is InChI=1S/C39H49FN4O6Si/c1-26-36(51(3,4)40)34(22-35(46)43(18-19-45)24-27-10-6-5-7-11-27)50-39(26)32-21-31(49-2)15-16-33(32)44(38(39)48)25-28-12-8-14-30(20-28)42-37(47)29-13-9-17-41-23-29/h5-8,10-12,14-16,20-21,26,29,34,36,41,45H,9,13,17-19,22-25H2,1-4H3,(H,42,47)/t26-,29?,34+,36-,39+/m1/s1. The number of carbonyl (C=O) groups is 3. The van der Waals surface area contributed by atoms with E-state index in [9.17, 15) is 19.5 Å². The Bertz CT molecular complexity index is 1730. The van der Waals surface area contributed by atoms with Crippen LogP contribution in [0, 0.1) is 11.8 Å². The molecule has 10 nitrogen and oxygen atoms in total. The Labute approximate surface area is 300 Å². The predicted molar refractivity (Wildman–Crippen MR) is 196 cm³/mol. The van der Waals surface area contributed by atoms with E-state index in [-0.39, 0.29) is 49.8 Å². The minimum atomic E-state index is -3.54. The second-order valence-corrected chi connectivity index (χ2v) is 18.3. The van der Waals surface area contributed by atoms with E-state index in [4.69, 9.17) is 9.47 Å². The summed E-state index contributed by atoms with van der Waals surface area (Å²) in [6.45, 7) is 7.01. The molecule has 0 aromatic heterocycles. The molecular formula is C39H49FN4O6Si. The van der Waals surface area contributed by atoms with E-state index >= 15 is 4.11 Å². The molecule has 0 bridgehead atoms. The topological polar surface area (TPSA) is 120 Å². The van der Waals surface area contributed by atoms with Crippen molar-refractivity contribution in [2.75, 3.05) is 43.6 Å². The number of hydrogen-bond acceptors (Lipinski definition) is 7. The number of carbonyl (C=O) groups excluding carboxylic acids is 3. The highest BCUT2D eigenvalue weighted by molar-refractivity contribution is 6.72. The van der Waals surface area contributed by atoms with Crippen LogP contribution in [-0.4, -0.2) is 75.6 Å². The fraction of sp³-hybridized carbons (Fsp3) is 0.462. The van der Waals surface area contributed by atoms with E-state index in [1.165, 1.54) is 0 Å². The maximum absolute atomic E-state index is 16.5. The van der Waals surface area contributed by atoms with Gasteiger partial charge in [-0.15, -0.1) is 0 Å². The quantitative estimate of drug-likeness (QED) is 0.171. The zero-order chi connectivity index (χ0) is 36.3. The van der Waals surface area contributed by atoms with Crippen molar-refractivity contribution in [1.29, 1.82) is 0 Å². The van der Waals surface area contributed by atoms with E-state index in [2.05, 4.69) is 10.6 Å². The third kappa shape index (κ3) is 7.46. The summed E-state index contributed by atoms with van der Waals surface area (Å²) in [6.07, 6.45) is 0.787. The van der Waals surface area contributed by atoms with Crippen molar-refractivity contribution in [1.82, 2.24) is 10.2 Å². The van der Waals surface area contributed by atoms with Crippen molar-refractivity contribution in [3.63, 3.8) is 0 Å². The van der Waals surface area contributed by atoms with Crippen molar-refractivity contribution in [3.8, 4) is 5.75 Å². The maximum atomic E-state index is 16.5. The summed E-state index contributed by atoms with van der Waals surface area (Å²) in [5, 5.41) is 16.1. The summed E-state index contributed by atoms with van der Waals surface area (Å²) in [6, 6.07) is 22.4. The van der Waals surface area contributed by atoms with Crippen molar-refractivity contribution >= 4 is 37.5 Å². The second-order valence-electron chi connectivity index (χ2n) is 14.5. The molecule has 3 aromatic carbocycles. The molecular weight excluding hydrogens is 668 g/mol. The van der Waals surface area contributed by atoms with E-state index in [1.807, 2.05) is 67.6 Å². The van der Waals surface area contributed by atoms with Gasteiger partial charge in [-0.3, -0.25) is 14.4 Å². The second kappa shape index (κ2) is 15.2. The lowest BCUT2D eigenvalue weighted by Crippen LogP contribution is -2.45. The number of halogens is 1. The highest BCUT2D eigenvalue weighted by atomic mass is 28.4. The molecule has 272 valence electrons. The van der Waals surface area contributed by atoms with E-state index in [0.717, 1.165) is 30.5 Å². The summed E-state index contributed by atoms with van der Waals surface area (Å²) >= 11 is 0. The lowest BCUT2D eigenvalue weighted by Gasteiger charge is -2.31. The van der Waals surface area contributed by atoms with Crippen molar-refractivity contribution < 1.29 is 33.1 Å². The Balaban J connectivity index is 1.30. The van der Waals surface area contributed by atoms with Gasteiger partial charge in [-0.1, -0.05) is 49.4 Å². The molecule has 3 heterocycles. The molecule has 6 rings (SSSR count). The van der Waals surface area contributed by atoms with E-state index in [0.29, 0.717) is 35.8 Å². The predicted octanol–water partition coefficient (Wildman–Crippen LogP) is 5.37. The molecule has 51 heavy (non-hydrogen) atoms. The minimum absolute atomic E-state index is 0.0351. The summed E-state index contributed by atoms with van der Waals surface area (Å²) < 4.78 is 28.9. The first-order valence-electron chi connectivity index (χ1n) is 17.9. The largest absolute Gasteiger partial charge is 0.497 e. The van der Waals surface area contributed by atoms with Gasteiger partial charge in [-0.2, -0.15) is 0 Å². The van der Waals surface area contributed by atoms with Crippen molar-refractivity contribution in [2.24, 2.45) is 11.8 Å². The molecule has 3 aliphatic rings. The smallest absolute Gasteiger partial charge is 0.264 e. The third-order valence-corrected chi connectivity index (χ3v) is 13.1. The molecule has 2 saturated heterocycles. The van der Waals surface area contributed by atoms with Crippen LogP contribution in [0.25, 0.3) is 0 Å². The van der Waals surface area contributed by atoms with Gasteiger partial charge in [0.25, 0.3) is 5.91 Å². The number of piperidine rings is 1. The van der Waals surface area contributed by atoms with Crippen LogP contribution in [0.2, 0.25) is 18.6 Å². The lowest BCUT2D eigenvalue weighted by molar-refractivity contribution is -0.150. The van der Waals surface area contributed by atoms with Crippen molar-refractivity contribution in [3.05, 3.63) is 89.5 Å². The van der Waals surface area contributed by atoms with Crippen LogP contribution in [0.4, 0.5) is 15.5 Å². The molecule has 2 fully saturated rings. The maximum Gasteiger partial charge on any atom is 0.264 e. The highest BCUT2D eigenvalue weighted by Gasteiger charge is 2.67. The minimum Gasteiger partial charge on any atom is -0.497 e. The first-order chi connectivity index (χ1) is 24.5.